The molecule has 0 amide bonds. The Morgan fingerprint density at radius 3 is 2.56 bits per heavy atom. The largest absolute Gasteiger partial charge is 0.461 e. The van der Waals surface area contributed by atoms with Crippen LogP contribution in [0.3, 0.4) is 0 Å². The number of hydrogen-bond acceptors (Lipinski definition) is 5. The van der Waals surface area contributed by atoms with Crippen molar-refractivity contribution in [2.24, 2.45) is 5.73 Å². The Morgan fingerprint density at radius 1 is 1.50 bits per heavy atom. The second-order valence-electron chi connectivity index (χ2n) is 4.41. The summed E-state index contributed by atoms with van der Waals surface area (Å²) in [5.74, 6) is -0.430. The second kappa shape index (κ2) is 6.18. The van der Waals surface area contributed by atoms with Crippen molar-refractivity contribution in [2.45, 2.75) is 57.5 Å². The van der Waals surface area contributed by atoms with Gasteiger partial charge in [-0.05, 0) is 20.3 Å². The number of carbonyl (C=O) groups is 1. The zero-order valence-corrected chi connectivity index (χ0v) is 9.89. The zero-order chi connectivity index (χ0) is 12.1. The predicted molar refractivity (Wildman–Crippen MR) is 58.8 cm³/mol. The van der Waals surface area contributed by atoms with Crippen LogP contribution >= 0.6 is 0 Å². The summed E-state index contributed by atoms with van der Waals surface area (Å²) < 4.78 is 10.8. The first-order chi connectivity index (χ1) is 7.52. The molecular formula is C11H21NO4. The zero-order valence-electron chi connectivity index (χ0n) is 9.89. The Morgan fingerprint density at radius 2 is 2.06 bits per heavy atom. The van der Waals surface area contributed by atoms with Gasteiger partial charge in [-0.3, -0.25) is 4.79 Å². The highest BCUT2D eigenvalue weighted by Gasteiger charge is 2.28. The minimum absolute atomic E-state index is 0.100. The molecule has 16 heavy (non-hydrogen) atoms. The molecular weight excluding hydrogens is 210 g/mol. The van der Waals surface area contributed by atoms with Gasteiger partial charge in [-0.15, -0.1) is 0 Å². The predicted octanol–water partition coefficient (Wildman–Crippen LogP) is 0.195. The SMILES string of the molecule is CC1CC(OC(=O)[C@@H](N)CCO)CC(C)O1. The first-order valence-electron chi connectivity index (χ1n) is 5.75. The van der Waals surface area contributed by atoms with E-state index in [9.17, 15) is 4.79 Å². The number of aliphatic hydroxyl groups excluding tert-OH is 1. The van der Waals surface area contributed by atoms with E-state index in [1.54, 1.807) is 0 Å². The highest BCUT2D eigenvalue weighted by Crippen LogP contribution is 2.21. The molecule has 0 spiro atoms. The molecule has 3 atom stereocenters. The monoisotopic (exact) mass is 231 g/mol. The molecule has 3 N–H and O–H groups in total. The van der Waals surface area contributed by atoms with Gasteiger partial charge in [0.15, 0.2) is 0 Å². The molecule has 2 unspecified atom stereocenters. The van der Waals surface area contributed by atoms with Gasteiger partial charge in [0, 0.05) is 19.4 Å². The van der Waals surface area contributed by atoms with Crippen LogP contribution in [0.2, 0.25) is 0 Å². The maximum Gasteiger partial charge on any atom is 0.323 e. The molecule has 1 saturated heterocycles. The van der Waals surface area contributed by atoms with E-state index in [0.29, 0.717) is 12.8 Å². The molecule has 0 aromatic rings. The van der Waals surface area contributed by atoms with E-state index in [-0.39, 0.29) is 31.3 Å². The minimum Gasteiger partial charge on any atom is -0.461 e. The lowest BCUT2D eigenvalue weighted by atomic mass is 10.0. The highest BCUT2D eigenvalue weighted by molar-refractivity contribution is 5.75. The van der Waals surface area contributed by atoms with Crippen molar-refractivity contribution >= 4 is 5.97 Å². The number of hydrogen-bond donors (Lipinski definition) is 2. The molecule has 1 rings (SSSR count). The number of rotatable bonds is 4. The van der Waals surface area contributed by atoms with Crippen molar-refractivity contribution in [3.63, 3.8) is 0 Å². The summed E-state index contributed by atoms with van der Waals surface area (Å²) in [6.45, 7) is 3.82. The van der Waals surface area contributed by atoms with E-state index in [0.717, 1.165) is 0 Å². The summed E-state index contributed by atoms with van der Waals surface area (Å²) in [7, 11) is 0. The van der Waals surface area contributed by atoms with E-state index in [1.807, 2.05) is 13.8 Å². The topological polar surface area (TPSA) is 81.8 Å². The van der Waals surface area contributed by atoms with Gasteiger partial charge in [0.1, 0.15) is 12.1 Å². The Labute approximate surface area is 95.9 Å². The lowest BCUT2D eigenvalue weighted by Crippen LogP contribution is -2.40. The van der Waals surface area contributed by atoms with E-state index in [4.69, 9.17) is 20.3 Å². The van der Waals surface area contributed by atoms with Crippen molar-refractivity contribution in [1.82, 2.24) is 0 Å². The summed E-state index contributed by atoms with van der Waals surface area (Å²) >= 11 is 0. The van der Waals surface area contributed by atoms with Gasteiger partial charge in [-0.1, -0.05) is 0 Å². The van der Waals surface area contributed by atoms with Gasteiger partial charge in [0.2, 0.25) is 0 Å². The molecule has 0 aliphatic carbocycles. The van der Waals surface area contributed by atoms with Gasteiger partial charge in [-0.25, -0.2) is 0 Å². The van der Waals surface area contributed by atoms with Gasteiger partial charge in [0.25, 0.3) is 0 Å². The standard InChI is InChI=1S/C11H21NO4/c1-7-5-9(6-8(2)15-7)16-11(14)10(12)3-4-13/h7-10,13H,3-6,12H2,1-2H3/t7?,8?,9?,10-/m0/s1. The third-order valence-electron chi connectivity index (χ3n) is 2.68. The molecule has 1 heterocycles. The fourth-order valence-electron chi connectivity index (χ4n) is 1.95. The average Bonchev–Trinajstić information content (AvgIpc) is 2.16. The summed E-state index contributed by atoms with van der Waals surface area (Å²) in [5, 5.41) is 8.67. The molecule has 5 nitrogen and oxygen atoms in total. The van der Waals surface area contributed by atoms with Gasteiger partial charge < -0.3 is 20.3 Å². The lowest BCUT2D eigenvalue weighted by Gasteiger charge is -2.32. The van der Waals surface area contributed by atoms with Crippen LogP contribution in [0.1, 0.15) is 33.1 Å². The van der Waals surface area contributed by atoms with Crippen molar-refractivity contribution in [1.29, 1.82) is 0 Å². The van der Waals surface area contributed by atoms with E-state index < -0.39 is 12.0 Å². The van der Waals surface area contributed by atoms with Gasteiger partial charge in [0.05, 0.1) is 12.2 Å². The second-order valence-corrected chi connectivity index (χ2v) is 4.41. The van der Waals surface area contributed by atoms with Crippen LogP contribution in [-0.4, -0.2) is 42.0 Å². The van der Waals surface area contributed by atoms with Gasteiger partial charge >= 0.3 is 5.97 Å². The van der Waals surface area contributed by atoms with Gasteiger partial charge in [-0.2, -0.15) is 0 Å². The van der Waals surface area contributed by atoms with Crippen molar-refractivity contribution in [3.8, 4) is 0 Å². The fraction of sp³-hybridized carbons (Fsp3) is 0.909. The first kappa shape index (κ1) is 13.4. The minimum atomic E-state index is -0.724. The van der Waals surface area contributed by atoms with Crippen LogP contribution in [0.5, 0.6) is 0 Å². The van der Waals surface area contributed by atoms with Crippen LogP contribution < -0.4 is 5.73 Å². The molecule has 94 valence electrons. The number of carbonyl (C=O) groups excluding carboxylic acids is 1. The molecule has 0 aromatic carbocycles. The normalized spacial score (nSPS) is 32.1. The number of esters is 1. The molecule has 1 aliphatic heterocycles. The number of aliphatic hydroxyl groups is 1. The van der Waals surface area contributed by atoms with Crippen LogP contribution in [0.4, 0.5) is 0 Å². The third kappa shape index (κ3) is 4.08. The molecule has 0 bridgehead atoms. The molecule has 1 fully saturated rings. The summed E-state index contributed by atoms with van der Waals surface area (Å²) in [6, 6.07) is -0.724. The lowest BCUT2D eigenvalue weighted by molar-refractivity contribution is -0.161. The van der Waals surface area contributed by atoms with E-state index >= 15 is 0 Å². The molecule has 1 aliphatic rings. The van der Waals surface area contributed by atoms with Crippen molar-refractivity contribution in [3.05, 3.63) is 0 Å². The Balaban J connectivity index is 2.38. The summed E-state index contributed by atoms with van der Waals surface area (Å²) in [6.07, 6.45) is 1.76. The summed E-state index contributed by atoms with van der Waals surface area (Å²) in [5.41, 5.74) is 5.55. The summed E-state index contributed by atoms with van der Waals surface area (Å²) in [4.78, 5) is 11.5. The maximum absolute atomic E-state index is 11.5. The fourth-order valence-corrected chi connectivity index (χ4v) is 1.95. The number of ether oxygens (including phenoxy) is 2. The highest BCUT2D eigenvalue weighted by atomic mass is 16.6. The Bertz CT molecular complexity index is 224. The van der Waals surface area contributed by atoms with Crippen molar-refractivity contribution < 1.29 is 19.4 Å². The van der Waals surface area contributed by atoms with E-state index in [1.165, 1.54) is 0 Å². The average molecular weight is 231 g/mol. The maximum atomic E-state index is 11.5. The van der Waals surface area contributed by atoms with Crippen LogP contribution in [-0.2, 0) is 14.3 Å². The number of nitrogens with two attached hydrogens (primary N) is 1. The Hall–Kier alpha value is -0.650. The quantitative estimate of drug-likeness (QED) is 0.675. The molecule has 5 heteroatoms. The van der Waals surface area contributed by atoms with Crippen LogP contribution in [0, 0.1) is 0 Å². The van der Waals surface area contributed by atoms with Crippen molar-refractivity contribution in [2.75, 3.05) is 6.61 Å². The van der Waals surface area contributed by atoms with E-state index in [2.05, 4.69) is 0 Å². The molecule has 0 radical (unpaired) electrons. The molecule has 0 aromatic heterocycles. The smallest absolute Gasteiger partial charge is 0.323 e. The Kier molecular flexibility index (Phi) is 5.18. The van der Waals surface area contributed by atoms with Crippen LogP contribution in [0.15, 0.2) is 0 Å². The molecule has 0 saturated carbocycles. The first-order valence-corrected chi connectivity index (χ1v) is 5.75. The third-order valence-corrected chi connectivity index (χ3v) is 2.68. The van der Waals surface area contributed by atoms with Crippen LogP contribution in [0.25, 0.3) is 0 Å².